The van der Waals surface area contributed by atoms with E-state index >= 15 is 0 Å². The van der Waals surface area contributed by atoms with Crippen LogP contribution in [0.5, 0.6) is 0 Å². The molecule has 0 spiro atoms. The first-order chi connectivity index (χ1) is 6.65. The Kier molecular flexibility index (Phi) is 2.28. The summed E-state index contributed by atoms with van der Waals surface area (Å²) in [5, 5.41) is 2.81. The first-order valence-corrected chi connectivity index (χ1v) is 5.04. The molecule has 0 radical (unpaired) electrons. The number of hydrogen-bond acceptors (Lipinski definition) is 1. The van der Waals surface area contributed by atoms with Crippen LogP contribution < -0.4 is 5.32 Å². The van der Waals surface area contributed by atoms with Crippen LogP contribution in [0.2, 0.25) is 0 Å². The van der Waals surface area contributed by atoms with E-state index in [1.807, 2.05) is 6.07 Å². The highest BCUT2D eigenvalue weighted by Crippen LogP contribution is 2.28. The Hall–Kier alpha value is -1.31. The Labute approximate surface area is 84.3 Å². The molecule has 2 heteroatoms. The third-order valence-electron chi connectivity index (χ3n) is 2.66. The van der Waals surface area contributed by atoms with Gasteiger partial charge in [-0.1, -0.05) is 13.0 Å². The highest BCUT2D eigenvalue weighted by Gasteiger charge is 2.17. The summed E-state index contributed by atoms with van der Waals surface area (Å²) >= 11 is 0. The van der Waals surface area contributed by atoms with Gasteiger partial charge in [0.1, 0.15) is 0 Å². The number of nitrogens with one attached hydrogen (secondary N) is 1. The molecule has 0 aliphatic heterocycles. The van der Waals surface area contributed by atoms with E-state index in [2.05, 4.69) is 24.4 Å². The number of hydrogen-bond donors (Lipinski definition) is 1. The average Bonchev–Trinajstić information content (AvgIpc) is 2.42. The van der Waals surface area contributed by atoms with Crippen molar-refractivity contribution in [3.05, 3.63) is 29.3 Å². The second-order valence-corrected chi connectivity index (χ2v) is 4.18. The quantitative estimate of drug-likeness (QED) is 0.722. The lowest BCUT2D eigenvalue weighted by atomic mass is 10.1. The van der Waals surface area contributed by atoms with Crippen molar-refractivity contribution in [3.63, 3.8) is 0 Å². The van der Waals surface area contributed by atoms with Gasteiger partial charge in [0, 0.05) is 12.6 Å². The molecule has 1 aliphatic rings. The van der Waals surface area contributed by atoms with Gasteiger partial charge in [0.2, 0.25) is 5.91 Å². The molecule has 1 atom stereocenters. The van der Waals surface area contributed by atoms with Crippen LogP contribution in [0.25, 0.3) is 0 Å². The lowest BCUT2D eigenvalue weighted by molar-refractivity contribution is -0.114. The largest absolute Gasteiger partial charge is 0.326 e. The summed E-state index contributed by atoms with van der Waals surface area (Å²) in [5.74, 6) is 0.744. The summed E-state index contributed by atoms with van der Waals surface area (Å²) in [4.78, 5) is 10.9. The highest BCUT2D eigenvalue weighted by molar-refractivity contribution is 5.88. The normalized spacial score (nSPS) is 19.1. The van der Waals surface area contributed by atoms with Crippen molar-refractivity contribution in [3.8, 4) is 0 Å². The summed E-state index contributed by atoms with van der Waals surface area (Å²) in [6.07, 6.45) is 2.32. The number of amides is 1. The zero-order valence-corrected chi connectivity index (χ0v) is 8.63. The van der Waals surface area contributed by atoms with Gasteiger partial charge >= 0.3 is 0 Å². The van der Waals surface area contributed by atoms with Crippen LogP contribution in [0.4, 0.5) is 5.69 Å². The van der Waals surface area contributed by atoms with Crippen LogP contribution in [0.3, 0.4) is 0 Å². The Morgan fingerprint density at radius 3 is 2.79 bits per heavy atom. The zero-order valence-electron chi connectivity index (χ0n) is 8.63. The molecule has 1 amide bonds. The summed E-state index contributed by atoms with van der Waals surface area (Å²) in [6, 6.07) is 6.21. The minimum absolute atomic E-state index is 0.00371. The first kappa shape index (κ1) is 9.25. The van der Waals surface area contributed by atoms with Crippen molar-refractivity contribution in [1.29, 1.82) is 0 Å². The lowest BCUT2D eigenvalue weighted by Gasteiger charge is -2.04. The number of carbonyl (C=O) groups excluding carboxylic acids is 1. The van der Waals surface area contributed by atoms with Crippen molar-refractivity contribution in [2.45, 2.75) is 26.7 Å². The maximum atomic E-state index is 10.9. The minimum atomic E-state index is -0.00371. The molecule has 0 saturated heterocycles. The van der Waals surface area contributed by atoms with E-state index in [4.69, 9.17) is 0 Å². The van der Waals surface area contributed by atoms with E-state index in [0.29, 0.717) is 0 Å². The molecule has 0 bridgehead atoms. The van der Waals surface area contributed by atoms with Gasteiger partial charge in [0.25, 0.3) is 0 Å². The fourth-order valence-electron chi connectivity index (χ4n) is 2.12. The van der Waals surface area contributed by atoms with Crippen LogP contribution in [-0.4, -0.2) is 5.91 Å². The van der Waals surface area contributed by atoms with Gasteiger partial charge in [0.05, 0.1) is 0 Å². The minimum Gasteiger partial charge on any atom is -0.326 e. The standard InChI is InChI=1S/C12H15NO/c1-8-5-10-3-4-12(13-9(2)14)7-11(10)6-8/h3-4,7-8H,5-6H2,1-2H3,(H,13,14)/t8-/m1/s1. The topological polar surface area (TPSA) is 29.1 Å². The Morgan fingerprint density at radius 2 is 2.07 bits per heavy atom. The Morgan fingerprint density at radius 1 is 1.36 bits per heavy atom. The fourth-order valence-corrected chi connectivity index (χ4v) is 2.12. The average molecular weight is 189 g/mol. The van der Waals surface area contributed by atoms with Crippen LogP contribution in [0.15, 0.2) is 18.2 Å². The summed E-state index contributed by atoms with van der Waals surface area (Å²) in [6.45, 7) is 3.80. The number of fused-ring (bicyclic) bond motifs is 1. The molecule has 1 aliphatic carbocycles. The number of rotatable bonds is 1. The molecule has 0 saturated carbocycles. The van der Waals surface area contributed by atoms with E-state index in [9.17, 15) is 4.79 Å². The molecular formula is C12H15NO. The summed E-state index contributed by atoms with van der Waals surface area (Å²) < 4.78 is 0. The van der Waals surface area contributed by atoms with Crippen molar-refractivity contribution in [2.24, 2.45) is 5.92 Å². The maximum absolute atomic E-state index is 10.9. The Bertz CT molecular complexity index is 371. The number of carbonyl (C=O) groups is 1. The van der Waals surface area contributed by atoms with Gasteiger partial charge in [0.15, 0.2) is 0 Å². The lowest BCUT2D eigenvalue weighted by Crippen LogP contribution is -2.05. The molecule has 1 N–H and O–H groups in total. The van der Waals surface area contributed by atoms with Crippen LogP contribution in [0, 0.1) is 5.92 Å². The molecule has 1 aromatic carbocycles. The molecule has 14 heavy (non-hydrogen) atoms. The van der Waals surface area contributed by atoms with Crippen LogP contribution in [-0.2, 0) is 17.6 Å². The molecule has 2 rings (SSSR count). The third-order valence-corrected chi connectivity index (χ3v) is 2.66. The van der Waals surface area contributed by atoms with E-state index in [1.165, 1.54) is 24.5 Å². The molecule has 0 fully saturated rings. The highest BCUT2D eigenvalue weighted by atomic mass is 16.1. The Balaban J connectivity index is 2.24. The van der Waals surface area contributed by atoms with Gasteiger partial charge in [-0.05, 0) is 42.0 Å². The van der Waals surface area contributed by atoms with Gasteiger partial charge in [-0.15, -0.1) is 0 Å². The second kappa shape index (κ2) is 3.45. The molecule has 2 nitrogen and oxygen atoms in total. The van der Waals surface area contributed by atoms with Gasteiger partial charge in [-0.2, -0.15) is 0 Å². The molecule has 0 aromatic heterocycles. The monoisotopic (exact) mass is 189 g/mol. The van der Waals surface area contributed by atoms with E-state index in [1.54, 1.807) is 0 Å². The van der Waals surface area contributed by atoms with Gasteiger partial charge in [-0.3, -0.25) is 4.79 Å². The molecular weight excluding hydrogens is 174 g/mol. The molecule has 0 heterocycles. The third kappa shape index (κ3) is 1.79. The second-order valence-electron chi connectivity index (χ2n) is 4.18. The summed E-state index contributed by atoms with van der Waals surface area (Å²) in [7, 11) is 0. The van der Waals surface area contributed by atoms with Crippen molar-refractivity contribution < 1.29 is 4.79 Å². The molecule has 0 unspecified atom stereocenters. The van der Waals surface area contributed by atoms with Crippen LogP contribution >= 0.6 is 0 Å². The zero-order chi connectivity index (χ0) is 10.1. The fraction of sp³-hybridized carbons (Fsp3) is 0.417. The first-order valence-electron chi connectivity index (χ1n) is 5.04. The van der Waals surface area contributed by atoms with Crippen molar-refractivity contribution in [1.82, 2.24) is 0 Å². The molecule has 74 valence electrons. The summed E-state index contributed by atoms with van der Waals surface area (Å²) in [5.41, 5.74) is 3.75. The predicted octanol–water partition coefficient (Wildman–Crippen LogP) is 2.38. The maximum Gasteiger partial charge on any atom is 0.221 e. The number of benzene rings is 1. The van der Waals surface area contributed by atoms with Crippen molar-refractivity contribution >= 4 is 11.6 Å². The number of anilines is 1. The molecule has 1 aromatic rings. The SMILES string of the molecule is CC(=O)Nc1ccc2c(c1)C[C@H](C)C2. The smallest absolute Gasteiger partial charge is 0.221 e. The van der Waals surface area contributed by atoms with E-state index in [0.717, 1.165) is 18.0 Å². The van der Waals surface area contributed by atoms with Crippen molar-refractivity contribution in [2.75, 3.05) is 5.32 Å². The van der Waals surface area contributed by atoms with E-state index < -0.39 is 0 Å². The van der Waals surface area contributed by atoms with Gasteiger partial charge in [-0.25, -0.2) is 0 Å². The van der Waals surface area contributed by atoms with Crippen LogP contribution in [0.1, 0.15) is 25.0 Å². The van der Waals surface area contributed by atoms with Gasteiger partial charge < -0.3 is 5.32 Å². The van der Waals surface area contributed by atoms with E-state index in [-0.39, 0.29) is 5.91 Å². The predicted molar refractivity (Wildman–Crippen MR) is 57.3 cm³/mol.